The van der Waals surface area contributed by atoms with Crippen molar-refractivity contribution in [2.75, 3.05) is 19.8 Å². The van der Waals surface area contributed by atoms with Crippen LogP contribution in [0, 0.1) is 6.92 Å². The number of carboxylic acids is 1. The van der Waals surface area contributed by atoms with E-state index in [1.807, 2.05) is 0 Å². The fraction of sp³-hybridized carbons (Fsp3) is 0.545. The number of carbonyl (C=O) groups is 2. The van der Waals surface area contributed by atoms with Crippen molar-refractivity contribution in [3.05, 3.63) is 16.6 Å². The van der Waals surface area contributed by atoms with Crippen LogP contribution in [0.2, 0.25) is 0 Å². The lowest BCUT2D eigenvalue weighted by molar-refractivity contribution is -0.139. The zero-order valence-electron chi connectivity index (χ0n) is 9.96. The molecule has 0 spiro atoms. The predicted molar refractivity (Wildman–Crippen MR) is 64.7 cm³/mol. The van der Waals surface area contributed by atoms with Crippen molar-refractivity contribution >= 4 is 23.4 Å². The number of ether oxygens (including phenoxy) is 1. The number of carbonyl (C=O) groups excluding carboxylic acids is 1. The molecule has 1 aromatic rings. The Kier molecular flexibility index (Phi) is 3.93. The van der Waals surface area contributed by atoms with Gasteiger partial charge in [-0.15, -0.1) is 0 Å². The molecular formula is C11H14N2O4S. The van der Waals surface area contributed by atoms with Crippen LogP contribution >= 0.6 is 11.5 Å². The molecule has 6 nitrogen and oxygen atoms in total. The molecule has 2 rings (SSSR count). The van der Waals surface area contributed by atoms with Gasteiger partial charge < -0.3 is 14.7 Å². The molecule has 1 N–H and O–H groups in total. The van der Waals surface area contributed by atoms with E-state index in [0.717, 1.165) is 0 Å². The SMILES string of the molecule is Cc1nscc1C(=O)N1CCOC[C@H]1CC(=O)O. The summed E-state index contributed by atoms with van der Waals surface area (Å²) in [6.45, 7) is 2.91. The number of aryl methyl sites for hydroxylation is 1. The minimum atomic E-state index is -0.927. The molecule has 0 aliphatic carbocycles. The van der Waals surface area contributed by atoms with E-state index in [9.17, 15) is 9.59 Å². The third kappa shape index (κ3) is 2.68. The molecule has 0 bridgehead atoms. The first-order chi connectivity index (χ1) is 8.59. The lowest BCUT2D eigenvalue weighted by Crippen LogP contribution is -2.49. The van der Waals surface area contributed by atoms with Crippen molar-refractivity contribution in [3.8, 4) is 0 Å². The van der Waals surface area contributed by atoms with E-state index in [4.69, 9.17) is 9.84 Å². The van der Waals surface area contributed by atoms with Crippen molar-refractivity contribution in [3.63, 3.8) is 0 Å². The summed E-state index contributed by atoms with van der Waals surface area (Å²) in [6.07, 6.45) is -0.0949. The van der Waals surface area contributed by atoms with E-state index in [-0.39, 0.29) is 18.9 Å². The molecule has 1 aromatic heterocycles. The molecule has 1 aliphatic rings. The highest BCUT2D eigenvalue weighted by Crippen LogP contribution is 2.18. The summed E-state index contributed by atoms with van der Waals surface area (Å²) >= 11 is 1.23. The molecule has 18 heavy (non-hydrogen) atoms. The number of nitrogens with zero attached hydrogens (tertiary/aromatic N) is 2. The van der Waals surface area contributed by atoms with Gasteiger partial charge >= 0.3 is 5.97 Å². The van der Waals surface area contributed by atoms with Crippen LogP contribution in [0.15, 0.2) is 5.38 Å². The first-order valence-corrected chi connectivity index (χ1v) is 6.44. The van der Waals surface area contributed by atoms with Crippen molar-refractivity contribution in [2.45, 2.75) is 19.4 Å². The number of hydrogen-bond donors (Lipinski definition) is 1. The zero-order valence-corrected chi connectivity index (χ0v) is 10.8. The number of morpholine rings is 1. The van der Waals surface area contributed by atoms with Gasteiger partial charge in [0.05, 0.1) is 36.9 Å². The Bertz CT molecular complexity index is 460. The highest BCUT2D eigenvalue weighted by atomic mass is 32.1. The van der Waals surface area contributed by atoms with Gasteiger partial charge in [-0.1, -0.05) is 0 Å². The largest absolute Gasteiger partial charge is 0.481 e. The number of aliphatic carboxylic acids is 1. The van der Waals surface area contributed by atoms with E-state index < -0.39 is 12.0 Å². The lowest BCUT2D eigenvalue weighted by atomic mass is 10.1. The Labute approximate surface area is 108 Å². The fourth-order valence-electron chi connectivity index (χ4n) is 1.95. The van der Waals surface area contributed by atoms with E-state index in [1.54, 1.807) is 17.2 Å². The van der Waals surface area contributed by atoms with Gasteiger partial charge in [-0.3, -0.25) is 9.59 Å². The van der Waals surface area contributed by atoms with Crippen LogP contribution in [-0.4, -0.2) is 52.1 Å². The molecule has 0 unspecified atom stereocenters. The fourth-order valence-corrected chi connectivity index (χ4v) is 2.63. The number of carboxylic acid groups (broad SMARTS) is 1. The molecule has 0 saturated carbocycles. The molecule has 7 heteroatoms. The molecule has 0 radical (unpaired) electrons. The zero-order chi connectivity index (χ0) is 13.1. The molecule has 2 heterocycles. The van der Waals surface area contributed by atoms with Crippen molar-refractivity contribution < 1.29 is 19.4 Å². The van der Waals surface area contributed by atoms with Gasteiger partial charge in [0.15, 0.2) is 0 Å². The third-order valence-corrected chi connectivity index (χ3v) is 3.60. The summed E-state index contributed by atoms with van der Waals surface area (Å²) in [5.74, 6) is -1.08. The van der Waals surface area contributed by atoms with Crippen molar-refractivity contribution in [2.24, 2.45) is 0 Å². The average molecular weight is 270 g/mol. The second-order valence-electron chi connectivity index (χ2n) is 4.14. The Morgan fingerprint density at radius 1 is 1.67 bits per heavy atom. The number of aromatic nitrogens is 1. The number of rotatable bonds is 3. The summed E-state index contributed by atoms with van der Waals surface area (Å²) < 4.78 is 9.31. The maximum Gasteiger partial charge on any atom is 0.305 e. The standard InChI is InChI=1S/C11H14N2O4S/c1-7-9(6-18-12-7)11(16)13-2-3-17-5-8(13)4-10(14)15/h6,8H,2-5H2,1H3,(H,14,15)/t8-/m1/s1. The molecule has 1 amide bonds. The summed E-state index contributed by atoms with van der Waals surface area (Å²) in [6, 6.07) is -0.400. The quantitative estimate of drug-likeness (QED) is 0.877. The number of hydrogen-bond acceptors (Lipinski definition) is 5. The normalized spacial score (nSPS) is 19.8. The summed E-state index contributed by atoms with van der Waals surface area (Å²) in [5.41, 5.74) is 1.24. The first-order valence-electron chi connectivity index (χ1n) is 5.61. The highest BCUT2D eigenvalue weighted by Gasteiger charge is 2.30. The predicted octanol–water partition coefficient (Wildman–Crippen LogP) is 0.767. The van der Waals surface area contributed by atoms with Crippen LogP contribution in [0.1, 0.15) is 22.5 Å². The lowest BCUT2D eigenvalue weighted by Gasteiger charge is -2.34. The van der Waals surface area contributed by atoms with Crippen LogP contribution in [0.3, 0.4) is 0 Å². The third-order valence-electron chi connectivity index (χ3n) is 2.88. The Morgan fingerprint density at radius 2 is 2.44 bits per heavy atom. The van der Waals surface area contributed by atoms with Gasteiger partial charge in [-0.05, 0) is 18.5 Å². The minimum absolute atomic E-state index is 0.0949. The average Bonchev–Trinajstić information content (AvgIpc) is 2.74. The van der Waals surface area contributed by atoms with Crippen molar-refractivity contribution in [1.82, 2.24) is 9.27 Å². The van der Waals surface area contributed by atoms with Gasteiger partial charge in [0, 0.05) is 11.9 Å². The molecule has 1 aliphatic heterocycles. The van der Waals surface area contributed by atoms with Gasteiger partial charge in [0.2, 0.25) is 0 Å². The van der Waals surface area contributed by atoms with Gasteiger partial charge in [-0.2, -0.15) is 4.37 Å². The van der Waals surface area contributed by atoms with Crippen LogP contribution in [-0.2, 0) is 9.53 Å². The highest BCUT2D eigenvalue weighted by molar-refractivity contribution is 7.03. The van der Waals surface area contributed by atoms with E-state index >= 15 is 0 Å². The van der Waals surface area contributed by atoms with Crippen LogP contribution in [0.4, 0.5) is 0 Å². The van der Waals surface area contributed by atoms with E-state index in [0.29, 0.717) is 24.4 Å². The Morgan fingerprint density at radius 3 is 3.06 bits per heavy atom. The number of amides is 1. The topological polar surface area (TPSA) is 79.7 Å². The maximum atomic E-state index is 12.3. The molecule has 0 aromatic carbocycles. The van der Waals surface area contributed by atoms with Gasteiger partial charge in [0.25, 0.3) is 5.91 Å². The van der Waals surface area contributed by atoms with Crippen LogP contribution in [0.25, 0.3) is 0 Å². The van der Waals surface area contributed by atoms with Crippen LogP contribution in [0.5, 0.6) is 0 Å². The van der Waals surface area contributed by atoms with Crippen molar-refractivity contribution in [1.29, 1.82) is 0 Å². The summed E-state index contributed by atoms with van der Waals surface area (Å²) in [7, 11) is 0. The Balaban J connectivity index is 2.16. The molecular weight excluding hydrogens is 256 g/mol. The summed E-state index contributed by atoms with van der Waals surface area (Å²) in [5, 5.41) is 10.5. The van der Waals surface area contributed by atoms with E-state index in [2.05, 4.69) is 4.37 Å². The van der Waals surface area contributed by atoms with Gasteiger partial charge in [-0.25, -0.2) is 0 Å². The smallest absolute Gasteiger partial charge is 0.305 e. The molecule has 1 saturated heterocycles. The monoisotopic (exact) mass is 270 g/mol. The maximum absolute atomic E-state index is 12.3. The van der Waals surface area contributed by atoms with Crippen LogP contribution < -0.4 is 0 Å². The Hall–Kier alpha value is -1.47. The van der Waals surface area contributed by atoms with E-state index in [1.165, 1.54) is 11.5 Å². The summed E-state index contributed by atoms with van der Waals surface area (Å²) in [4.78, 5) is 24.7. The molecule has 1 atom stereocenters. The minimum Gasteiger partial charge on any atom is -0.481 e. The second kappa shape index (κ2) is 5.45. The molecule has 98 valence electrons. The first kappa shape index (κ1) is 13.0. The molecule has 1 fully saturated rings. The van der Waals surface area contributed by atoms with Gasteiger partial charge in [0.1, 0.15) is 0 Å². The second-order valence-corrected chi connectivity index (χ2v) is 4.77.